The van der Waals surface area contributed by atoms with Gasteiger partial charge in [0.05, 0.1) is 17.1 Å². The van der Waals surface area contributed by atoms with Crippen molar-refractivity contribution < 1.29 is 19.7 Å². The van der Waals surface area contributed by atoms with Crippen LogP contribution in [0.2, 0.25) is 5.02 Å². The van der Waals surface area contributed by atoms with Gasteiger partial charge < -0.3 is 19.8 Å². The van der Waals surface area contributed by atoms with Gasteiger partial charge in [0.1, 0.15) is 6.10 Å². The molecule has 7 rings (SSSR count). The zero-order chi connectivity index (χ0) is 25.5. The molecule has 2 aromatic carbocycles. The first-order valence-corrected chi connectivity index (χ1v) is 13.7. The first kappa shape index (κ1) is 23.4. The molecule has 0 unspecified atom stereocenters. The fourth-order valence-electron chi connectivity index (χ4n) is 7.75. The molecule has 1 amide bonds. The van der Waals surface area contributed by atoms with Crippen LogP contribution in [0.5, 0.6) is 11.5 Å². The van der Waals surface area contributed by atoms with Crippen LogP contribution in [-0.4, -0.2) is 69.8 Å². The highest BCUT2D eigenvalue weighted by atomic mass is 35.5. The van der Waals surface area contributed by atoms with Crippen molar-refractivity contribution in [2.75, 3.05) is 20.1 Å². The molecule has 1 saturated heterocycles. The Morgan fingerprint density at radius 3 is 2.73 bits per heavy atom. The zero-order valence-electron chi connectivity index (χ0n) is 20.9. The molecule has 5 atom stereocenters. The molecular formula is C30H31ClN2O4. The number of piperidine rings is 1. The summed E-state index contributed by atoms with van der Waals surface area (Å²) in [5.41, 5.74) is 1.23. The van der Waals surface area contributed by atoms with Crippen molar-refractivity contribution in [2.24, 2.45) is 5.92 Å². The van der Waals surface area contributed by atoms with Crippen molar-refractivity contribution in [3.05, 3.63) is 58.1 Å². The number of carbonyl (C=O) groups excluding carboxylic acids is 1. The number of phenolic OH excluding ortho intramolecular Hbond substituents is 1. The summed E-state index contributed by atoms with van der Waals surface area (Å²) in [7, 11) is 1.78. The van der Waals surface area contributed by atoms with Crippen molar-refractivity contribution in [1.82, 2.24) is 9.80 Å². The zero-order valence-corrected chi connectivity index (χ0v) is 21.7. The van der Waals surface area contributed by atoms with Crippen LogP contribution in [0.1, 0.15) is 48.8 Å². The van der Waals surface area contributed by atoms with Crippen LogP contribution in [0.3, 0.4) is 0 Å². The van der Waals surface area contributed by atoms with Gasteiger partial charge in [-0.1, -0.05) is 23.6 Å². The van der Waals surface area contributed by atoms with Gasteiger partial charge in [-0.2, -0.15) is 0 Å². The Morgan fingerprint density at radius 1 is 1.19 bits per heavy atom. The quantitative estimate of drug-likeness (QED) is 0.609. The molecule has 192 valence electrons. The third kappa shape index (κ3) is 3.30. The van der Waals surface area contributed by atoms with Gasteiger partial charge in [0, 0.05) is 41.7 Å². The highest BCUT2D eigenvalue weighted by Gasteiger charge is 2.73. The number of benzene rings is 2. The largest absolute Gasteiger partial charge is 0.504 e. The smallest absolute Gasteiger partial charge is 0.298 e. The summed E-state index contributed by atoms with van der Waals surface area (Å²) in [5.74, 6) is 6.79. The Morgan fingerprint density at radius 2 is 1.97 bits per heavy atom. The number of phenols is 1. The molecule has 2 N–H and O–H groups in total. The van der Waals surface area contributed by atoms with Crippen molar-refractivity contribution in [2.45, 2.75) is 67.7 Å². The lowest BCUT2D eigenvalue weighted by atomic mass is 9.48. The van der Waals surface area contributed by atoms with Gasteiger partial charge in [-0.15, -0.1) is 0 Å². The van der Waals surface area contributed by atoms with E-state index in [0.717, 1.165) is 48.5 Å². The third-order valence-corrected chi connectivity index (χ3v) is 9.96. The van der Waals surface area contributed by atoms with Crippen LogP contribution >= 0.6 is 11.6 Å². The Bertz CT molecular complexity index is 1350. The molecule has 2 aliphatic heterocycles. The minimum absolute atomic E-state index is 0.0163. The van der Waals surface area contributed by atoms with Crippen LogP contribution in [0.15, 0.2) is 36.4 Å². The summed E-state index contributed by atoms with van der Waals surface area (Å²) in [6, 6.07) is 10.6. The topological polar surface area (TPSA) is 73.2 Å². The molecule has 0 aromatic heterocycles. The monoisotopic (exact) mass is 518 g/mol. The Balaban J connectivity index is 1.25. The Kier molecular flexibility index (Phi) is 5.15. The summed E-state index contributed by atoms with van der Waals surface area (Å²) in [5, 5.41) is 24.0. The molecule has 2 aromatic rings. The normalized spacial score (nSPS) is 33.1. The van der Waals surface area contributed by atoms with Gasteiger partial charge in [0.2, 0.25) is 0 Å². The molecule has 2 heterocycles. The van der Waals surface area contributed by atoms with E-state index in [9.17, 15) is 15.0 Å². The van der Waals surface area contributed by atoms with Gasteiger partial charge >= 0.3 is 0 Å². The van der Waals surface area contributed by atoms with E-state index in [1.54, 1.807) is 42.3 Å². The minimum Gasteiger partial charge on any atom is -0.504 e. The maximum Gasteiger partial charge on any atom is 0.298 e. The van der Waals surface area contributed by atoms with E-state index in [4.69, 9.17) is 16.3 Å². The number of aliphatic hydroxyl groups is 1. The van der Waals surface area contributed by atoms with E-state index in [2.05, 4.69) is 16.7 Å². The predicted molar refractivity (Wildman–Crippen MR) is 140 cm³/mol. The fraction of sp³-hybridized carbons (Fsp3) is 0.500. The Hall–Kier alpha value is -2.72. The molecule has 6 nitrogen and oxygen atoms in total. The van der Waals surface area contributed by atoms with Gasteiger partial charge in [-0.05, 0) is 86.9 Å². The second kappa shape index (κ2) is 8.14. The number of likely N-dealkylation sites (N-methyl/N-ethyl adjacent to an activating group) is 1. The number of hydrogen-bond acceptors (Lipinski definition) is 5. The molecule has 3 fully saturated rings. The van der Waals surface area contributed by atoms with E-state index in [1.807, 2.05) is 6.07 Å². The SMILES string of the molecule is CN(C(=O)C#Cc1ccc(Cl)cc1)[C@@H]1CC[C@@]2(O)[C@@H]3Cc4ccc(O)c5c4[C@@]2(CCN3CC2CC2)[C@H]1O5. The minimum atomic E-state index is -0.966. The highest BCUT2D eigenvalue weighted by molar-refractivity contribution is 6.30. The lowest BCUT2D eigenvalue weighted by molar-refractivity contribution is -0.199. The maximum atomic E-state index is 13.3. The number of hydrogen-bond donors (Lipinski definition) is 2. The molecular weight excluding hydrogens is 488 g/mol. The van der Waals surface area contributed by atoms with E-state index >= 15 is 0 Å². The van der Waals surface area contributed by atoms with Gasteiger partial charge in [-0.3, -0.25) is 9.69 Å². The molecule has 7 heteroatoms. The number of likely N-dealkylation sites (tertiary alicyclic amines) is 1. The van der Waals surface area contributed by atoms with Crippen LogP contribution < -0.4 is 4.74 Å². The van der Waals surface area contributed by atoms with Crippen molar-refractivity contribution in [1.29, 1.82) is 0 Å². The second-order valence-electron chi connectivity index (χ2n) is 11.6. The lowest BCUT2D eigenvalue weighted by Crippen LogP contribution is -2.78. The number of rotatable bonds is 3. The van der Waals surface area contributed by atoms with Gasteiger partial charge in [-0.25, -0.2) is 0 Å². The van der Waals surface area contributed by atoms with E-state index in [0.29, 0.717) is 23.6 Å². The molecule has 37 heavy (non-hydrogen) atoms. The van der Waals surface area contributed by atoms with Crippen LogP contribution in [0.4, 0.5) is 0 Å². The number of ether oxygens (including phenoxy) is 1. The maximum absolute atomic E-state index is 13.3. The summed E-state index contributed by atoms with van der Waals surface area (Å²) in [6.45, 7) is 1.93. The fourth-order valence-corrected chi connectivity index (χ4v) is 7.88. The van der Waals surface area contributed by atoms with E-state index in [1.165, 1.54) is 12.8 Å². The summed E-state index contributed by atoms with van der Waals surface area (Å²) < 4.78 is 6.58. The third-order valence-electron chi connectivity index (χ3n) is 9.71. The molecule has 0 radical (unpaired) electrons. The van der Waals surface area contributed by atoms with E-state index in [-0.39, 0.29) is 23.7 Å². The van der Waals surface area contributed by atoms with Crippen LogP contribution in [-0.2, 0) is 16.6 Å². The molecule has 1 spiro atoms. The molecule has 2 saturated carbocycles. The number of nitrogens with zero attached hydrogens (tertiary/aromatic N) is 2. The van der Waals surface area contributed by atoms with Crippen molar-refractivity contribution in [3.8, 4) is 23.3 Å². The predicted octanol–water partition coefficient (Wildman–Crippen LogP) is 3.49. The summed E-state index contributed by atoms with van der Waals surface area (Å²) in [6.07, 6.45) is 4.82. The van der Waals surface area contributed by atoms with Gasteiger partial charge in [0.25, 0.3) is 5.91 Å². The average Bonchev–Trinajstić information content (AvgIpc) is 3.63. The van der Waals surface area contributed by atoms with Crippen molar-refractivity contribution in [3.63, 3.8) is 0 Å². The second-order valence-corrected chi connectivity index (χ2v) is 12.0. The highest BCUT2D eigenvalue weighted by Crippen LogP contribution is 2.66. The summed E-state index contributed by atoms with van der Waals surface area (Å²) in [4.78, 5) is 17.5. The van der Waals surface area contributed by atoms with Gasteiger partial charge in [0.15, 0.2) is 11.5 Å². The molecule has 5 aliphatic rings. The first-order valence-electron chi connectivity index (χ1n) is 13.3. The Labute approximate surface area is 222 Å². The number of carbonyl (C=O) groups is 1. The molecule has 2 bridgehead atoms. The first-order chi connectivity index (χ1) is 17.8. The van der Waals surface area contributed by atoms with Crippen LogP contribution in [0.25, 0.3) is 0 Å². The summed E-state index contributed by atoms with van der Waals surface area (Å²) >= 11 is 5.97. The average molecular weight is 519 g/mol. The van der Waals surface area contributed by atoms with Crippen LogP contribution in [0, 0.1) is 17.8 Å². The number of aromatic hydroxyl groups is 1. The van der Waals surface area contributed by atoms with E-state index < -0.39 is 17.1 Å². The molecule has 3 aliphatic carbocycles. The number of amides is 1. The standard InChI is InChI=1S/C30H31ClN2O4/c1-32(25(35)11-6-18-4-8-21(31)9-5-18)22-12-13-30(36)24-16-20-7-10-23(34)27-26(20)29(30,28(22)37-27)14-15-33(24)17-19-2-3-19/h4-5,7-10,19,22,24,28,34,36H,2-3,12-17H2,1H3/t22-,24+,28+,29+,30-/m1/s1. The number of halogens is 1. The van der Waals surface area contributed by atoms with Crippen molar-refractivity contribution >= 4 is 17.5 Å². The lowest BCUT2D eigenvalue weighted by Gasteiger charge is -2.64.